The van der Waals surface area contributed by atoms with Crippen molar-refractivity contribution in [3.05, 3.63) is 34.9 Å². The van der Waals surface area contributed by atoms with Crippen molar-refractivity contribution in [2.75, 3.05) is 13.6 Å². The van der Waals surface area contributed by atoms with Crippen LogP contribution < -0.4 is 11.1 Å². The second-order valence-electron chi connectivity index (χ2n) is 6.01. The van der Waals surface area contributed by atoms with Crippen LogP contribution in [0.3, 0.4) is 0 Å². The molecular weight excluding hydrogens is 362 g/mol. The number of halogens is 6. The van der Waals surface area contributed by atoms with Crippen LogP contribution in [-0.2, 0) is 12.4 Å². The third kappa shape index (κ3) is 6.51. The maximum Gasteiger partial charge on any atom is 0.416 e. The van der Waals surface area contributed by atoms with Crippen molar-refractivity contribution >= 4 is 5.91 Å². The van der Waals surface area contributed by atoms with Gasteiger partial charge in [0.05, 0.1) is 11.1 Å². The van der Waals surface area contributed by atoms with Crippen LogP contribution in [0.25, 0.3) is 0 Å². The molecular formula is C17H22F6N2O. The molecule has 1 aliphatic carbocycles. The van der Waals surface area contributed by atoms with Crippen LogP contribution in [0.5, 0.6) is 0 Å². The van der Waals surface area contributed by atoms with Crippen LogP contribution in [0.15, 0.2) is 18.2 Å². The average Bonchev–Trinajstić information content (AvgIpc) is 2.60. The van der Waals surface area contributed by atoms with Crippen molar-refractivity contribution in [3.8, 4) is 0 Å². The van der Waals surface area contributed by atoms with Gasteiger partial charge < -0.3 is 11.1 Å². The van der Waals surface area contributed by atoms with Gasteiger partial charge in [-0.15, -0.1) is 0 Å². The van der Waals surface area contributed by atoms with E-state index in [2.05, 4.69) is 11.1 Å². The van der Waals surface area contributed by atoms with Crippen LogP contribution in [-0.4, -0.2) is 19.5 Å². The van der Waals surface area contributed by atoms with Gasteiger partial charge in [0.2, 0.25) is 0 Å². The number of amides is 1. The first-order chi connectivity index (χ1) is 12.1. The molecule has 3 N–H and O–H groups in total. The minimum atomic E-state index is -4.96. The Bertz CT molecular complexity index is 560. The number of nitrogens with two attached hydrogens (primary N) is 1. The molecule has 0 radical (unpaired) electrons. The molecule has 3 nitrogen and oxygen atoms in total. The number of carbonyl (C=O) groups excluding carboxylic acids is 1. The third-order valence-corrected chi connectivity index (χ3v) is 4.13. The zero-order chi connectivity index (χ0) is 20.0. The Labute approximate surface area is 147 Å². The first-order valence-corrected chi connectivity index (χ1v) is 8.23. The molecule has 1 amide bonds. The van der Waals surface area contributed by atoms with E-state index >= 15 is 0 Å². The Kier molecular flexibility index (Phi) is 7.92. The van der Waals surface area contributed by atoms with Crippen molar-refractivity contribution in [1.29, 1.82) is 0 Å². The molecule has 0 bridgehead atoms. The highest BCUT2D eigenvalue weighted by Crippen LogP contribution is 2.36. The van der Waals surface area contributed by atoms with Gasteiger partial charge in [0.15, 0.2) is 0 Å². The SMILES string of the molecule is CN.O=C(NCC1CCCCC1)c1cc(C(F)(F)F)cc(C(F)(F)F)c1. The molecule has 0 heterocycles. The summed E-state index contributed by atoms with van der Waals surface area (Å²) >= 11 is 0. The maximum atomic E-state index is 12.8. The van der Waals surface area contributed by atoms with E-state index in [0.717, 1.165) is 32.1 Å². The first kappa shape index (κ1) is 22.3. The molecule has 0 unspecified atom stereocenters. The predicted octanol–water partition coefficient (Wildman–Crippen LogP) is 4.61. The summed E-state index contributed by atoms with van der Waals surface area (Å²) in [6, 6.07) is 0.912. The minimum absolute atomic E-state index is 0.0118. The molecule has 9 heteroatoms. The fourth-order valence-electron chi connectivity index (χ4n) is 2.82. The second kappa shape index (κ2) is 9.25. The monoisotopic (exact) mass is 384 g/mol. The normalized spacial score (nSPS) is 15.8. The molecule has 1 aromatic carbocycles. The van der Waals surface area contributed by atoms with E-state index in [1.165, 1.54) is 7.05 Å². The zero-order valence-electron chi connectivity index (χ0n) is 14.3. The van der Waals surface area contributed by atoms with Gasteiger partial charge in [0, 0.05) is 12.1 Å². The molecule has 0 saturated heterocycles. The molecule has 148 valence electrons. The van der Waals surface area contributed by atoms with Gasteiger partial charge in [-0.05, 0) is 44.0 Å². The zero-order valence-corrected chi connectivity index (χ0v) is 14.3. The quantitative estimate of drug-likeness (QED) is 0.748. The first-order valence-electron chi connectivity index (χ1n) is 8.23. The van der Waals surface area contributed by atoms with Gasteiger partial charge in [0.1, 0.15) is 0 Å². The van der Waals surface area contributed by atoms with Crippen LogP contribution in [0.4, 0.5) is 26.3 Å². The van der Waals surface area contributed by atoms with E-state index in [9.17, 15) is 31.1 Å². The lowest BCUT2D eigenvalue weighted by molar-refractivity contribution is -0.143. The van der Waals surface area contributed by atoms with Crippen molar-refractivity contribution < 1.29 is 31.1 Å². The van der Waals surface area contributed by atoms with Crippen molar-refractivity contribution in [2.24, 2.45) is 11.7 Å². The van der Waals surface area contributed by atoms with E-state index in [4.69, 9.17) is 0 Å². The third-order valence-electron chi connectivity index (χ3n) is 4.13. The van der Waals surface area contributed by atoms with Crippen LogP contribution >= 0.6 is 0 Å². The minimum Gasteiger partial charge on any atom is -0.352 e. The van der Waals surface area contributed by atoms with Crippen molar-refractivity contribution in [1.82, 2.24) is 5.32 Å². The van der Waals surface area contributed by atoms with Crippen LogP contribution in [0, 0.1) is 5.92 Å². The predicted molar refractivity (Wildman–Crippen MR) is 85.5 cm³/mol. The highest BCUT2D eigenvalue weighted by Gasteiger charge is 2.37. The molecule has 1 aromatic rings. The molecule has 0 spiro atoms. The van der Waals surface area contributed by atoms with E-state index in [1.54, 1.807) is 0 Å². The van der Waals surface area contributed by atoms with Gasteiger partial charge in [0.25, 0.3) is 5.91 Å². The van der Waals surface area contributed by atoms with E-state index < -0.39 is 35.0 Å². The number of alkyl halides is 6. The number of rotatable bonds is 3. The molecule has 1 fully saturated rings. The van der Waals surface area contributed by atoms with Crippen LogP contribution in [0.1, 0.15) is 53.6 Å². The lowest BCUT2D eigenvalue weighted by Crippen LogP contribution is -2.30. The summed E-state index contributed by atoms with van der Waals surface area (Å²) in [7, 11) is 1.50. The summed E-state index contributed by atoms with van der Waals surface area (Å²) in [5.74, 6) is -0.701. The summed E-state index contributed by atoms with van der Waals surface area (Å²) in [6.07, 6.45) is -4.98. The smallest absolute Gasteiger partial charge is 0.352 e. The van der Waals surface area contributed by atoms with E-state index in [0.29, 0.717) is 12.1 Å². The highest BCUT2D eigenvalue weighted by molar-refractivity contribution is 5.94. The highest BCUT2D eigenvalue weighted by atomic mass is 19.4. The molecule has 0 aromatic heterocycles. The lowest BCUT2D eigenvalue weighted by Gasteiger charge is -2.22. The molecule has 26 heavy (non-hydrogen) atoms. The van der Waals surface area contributed by atoms with E-state index in [-0.39, 0.29) is 18.5 Å². The van der Waals surface area contributed by atoms with Crippen molar-refractivity contribution in [2.45, 2.75) is 44.5 Å². The van der Waals surface area contributed by atoms with Crippen molar-refractivity contribution in [3.63, 3.8) is 0 Å². The number of hydrogen-bond donors (Lipinski definition) is 2. The number of carbonyl (C=O) groups is 1. The second-order valence-corrected chi connectivity index (χ2v) is 6.01. The molecule has 1 saturated carbocycles. The van der Waals surface area contributed by atoms with Gasteiger partial charge in [-0.1, -0.05) is 19.3 Å². The Morgan fingerprint density at radius 1 is 0.962 bits per heavy atom. The van der Waals surface area contributed by atoms with Gasteiger partial charge in [-0.25, -0.2) is 0 Å². The Morgan fingerprint density at radius 2 is 1.42 bits per heavy atom. The number of nitrogens with one attached hydrogen (secondary N) is 1. The number of benzene rings is 1. The topological polar surface area (TPSA) is 55.1 Å². The molecule has 2 rings (SSSR count). The Morgan fingerprint density at radius 3 is 1.85 bits per heavy atom. The van der Waals surface area contributed by atoms with Crippen LogP contribution in [0.2, 0.25) is 0 Å². The summed E-state index contributed by atoms with van der Waals surface area (Å²) in [6.45, 7) is 0.260. The largest absolute Gasteiger partial charge is 0.416 e. The summed E-state index contributed by atoms with van der Waals surface area (Å²) in [4.78, 5) is 12.0. The fourth-order valence-corrected chi connectivity index (χ4v) is 2.82. The van der Waals surface area contributed by atoms with Gasteiger partial charge in [-0.3, -0.25) is 4.79 Å². The summed E-state index contributed by atoms with van der Waals surface area (Å²) in [5, 5.41) is 2.45. The van der Waals surface area contributed by atoms with Gasteiger partial charge in [-0.2, -0.15) is 26.3 Å². The summed E-state index contributed by atoms with van der Waals surface area (Å²) in [5.41, 5.74) is 0.897. The molecule has 0 atom stereocenters. The Hall–Kier alpha value is -1.77. The molecule has 1 aliphatic rings. The fraction of sp³-hybridized carbons (Fsp3) is 0.588. The van der Waals surface area contributed by atoms with Gasteiger partial charge >= 0.3 is 12.4 Å². The average molecular weight is 384 g/mol. The standard InChI is InChI=1S/C16H17F6NO.CH5N/c17-15(18,19)12-6-11(7-13(8-12)16(20,21)22)14(24)23-9-10-4-2-1-3-5-10;1-2/h6-8,10H,1-5,9H2,(H,23,24);2H2,1H3. The molecule has 0 aliphatic heterocycles. The lowest BCUT2D eigenvalue weighted by atomic mass is 9.89. The van der Waals surface area contributed by atoms with E-state index in [1.807, 2.05) is 0 Å². The maximum absolute atomic E-state index is 12.8. The number of hydrogen-bond acceptors (Lipinski definition) is 2. The Balaban J connectivity index is 0.00000163. The summed E-state index contributed by atoms with van der Waals surface area (Å²) < 4.78 is 76.7.